The highest BCUT2D eigenvalue weighted by molar-refractivity contribution is 4.81. The highest BCUT2D eigenvalue weighted by Gasteiger charge is 2.23. The Labute approximate surface area is 75.9 Å². The molecule has 70 valence electrons. The molecular formula is C11H21N. The number of rotatable bonds is 4. The van der Waals surface area contributed by atoms with Crippen LogP contribution in [0.1, 0.15) is 51.9 Å². The lowest BCUT2D eigenvalue weighted by Crippen LogP contribution is -2.42. The summed E-state index contributed by atoms with van der Waals surface area (Å²) in [6.45, 7) is 2.36. The molecule has 0 bridgehead atoms. The Hall–Kier alpha value is -0.0400. The van der Waals surface area contributed by atoms with Gasteiger partial charge in [-0.2, -0.15) is 0 Å². The molecule has 2 aliphatic carbocycles. The van der Waals surface area contributed by atoms with E-state index in [0.717, 1.165) is 18.0 Å². The Balaban J connectivity index is 1.58. The predicted molar refractivity (Wildman–Crippen MR) is 52.2 cm³/mol. The first-order valence-corrected chi connectivity index (χ1v) is 5.60. The predicted octanol–water partition coefficient (Wildman–Crippen LogP) is 2.71. The third kappa shape index (κ3) is 2.01. The van der Waals surface area contributed by atoms with Gasteiger partial charge in [0.25, 0.3) is 0 Å². The minimum atomic E-state index is 0.778. The Kier molecular flexibility index (Phi) is 2.69. The van der Waals surface area contributed by atoms with Gasteiger partial charge in [0, 0.05) is 12.1 Å². The lowest BCUT2D eigenvalue weighted by Gasteiger charge is -2.33. The lowest BCUT2D eigenvalue weighted by molar-refractivity contribution is 0.235. The molecule has 1 nitrogen and oxygen atoms in total. The van der Waals surface area contributed by atoms with E-state index in [9.17, 15) is 0 Å². The topological polar surface area (TPSA) is 12.0 Å². The van der Waals surface area contributed by atoms with Crippen LogP contribution in [0.25, 0.3) is 0 Å². The number of hydrogen-bond donors (Lipinski definition) is 1. The molecule has 1 N–H and O–H groups in total. The van der Waals surface area contributed by atoms with Gasteiger partial charge in [-0.3, -0.25) is 0 Å². The van der Waals surface area contributed by atoms with Crippen LogP contribution in [0.4, 0.5) is 0 Å². The molecule has 0 radical (unpaired) electrons. The van der Waals surface area contributed by atoms with E-state index < -0.39 is 0 Å². The van der Waals surface area contributed by atoms with Gasteiger partial charge in [-0.1, -0.05) is 25.7 Å². The fraction of sp³-hybridized carbons (Fsp3) is 1.00. The highest BCUT2D eigenvalue weighted by atomic mass is 15.0. The van der Waals surface area contributed by atoms with Crippen LogP contribution in [0.2, 0.25) is 0 Å². The second kappa shape index (κ2) is 3.78. The summed E-state index contributed by atoms with van der Waals surface area (Å²) in [5.41, 5.74) is 0. The van der Waals surface area contributed by atoms with Crippen LogP contribution >= 0.6 is 0 Å². The van der Waals surface area contributed by atoms with Crippen LogP contribution in [0.3, 0.4) is 0 Å². The summed E-state index contributed by atoms with van der Waals surface area (Å²) in [5.74, 6) is 1.06. The molecule has 0 amide bonds. The SMILES string of the molecule is CC(CC1CCC1)NC1CCC1. The zero-order valence-corrected chi connectivity index (χ0v) is 8.18. The van der Waals surface area contributed by atoms with E-state index in [1.54, 1.807) is 0 Å². The zero-order chi connectivity index (χ0) is 8.39. The Morgan fingerprint density at radius 3 is 2.25 bits per heavy atom. The average Bonchev–Trinajstić information content (AvgIpc) is 1.89. The van der Waals surface area contributed by atoms with Crippen molar-refractivity contribution in [3.05, 3.63) is 0 Å². The van der Waals surface area contributed by atoms with Crippen molar-refractivity contribution < 1.29 is 0 Å². The second-order valence-corrected chi connectivity index (χ2v) is 4.73. The van der Waals surface area contributed by atoms with Gasteiger partial charge in [0.05, 0.1) is 0 Å². The summed E-state index contributed by atoms with van der Waals surface area (Å²) in [6.07, 6.45) is 10.2. The molecule has 2 saturated carbocycles. The molecule has 12 heavy (non-hydrogen) atoms. The van der Waals surface area contributed by atoms with Gasteiger partial charge in [-0.05, 0) is 32.1 Å². The molecule has 0 spiro atoms. The van der Waals surface area contributed by atoms with Crippen molar-refractivity contribution in [2.75, 3.05) is 0 Å². The Bertz CT molecular complexity index is 120. The van der Waals surface area contributed by atoms with Crippen molar-refractivity contribution >= 4 is 0 Å². The van der Waals surface area contributed by atoms with Crippen LogP contribution in [0, 0.1) is 5.92 Å². The third-order valence-electron chi connectivity index (χ3n) is 3.54. The summed E-state index contributed by atoms with van der Waals surface area (Å²) in [4.78, 5) is 0. The highest BCUT2D eigenvalue weighted by Crippen LogP contribution is 2.31. The van der Waals surface area contributed by atoms with Gasteiger partial charge in [0.15, 0.2) is 0 Å². The lowest BCUT2D eigenvalue weighted by atomic mass is 9.80. The van der Waals surface area contributed by atoms with Gasteiger partial charge in [0.2, 0.25) is 0 Å². The molecule has 0 aliphatic heterocycles. The van der Waals surface area contributed by atoms with Gasteiger partial charge < -0.3 is 5.32 Å². The van der Waals surface area contributed by atoms with E-state index in [1.807, 2.05) is 0 Å². The Morgan fingerprint density at radius 2 is 1.83 bits per heavy atom. The molecule has 0 heterocycles. The summed E-state index contributed by atoms with van der Waals surface area (Å²) < 4.78 is 0. The maximum Gasteiger partial charge on any atom is 0.00695 e. The minimum absolute atomic E-state index is 0.778. The molecule has 0 aromatic carbocycles. The molecule has 0 saturated heterocycles. The van der Waals surface area contributed by atoms with Crippen LogP contribution in [0.15, 0.2) is 0 Å². The van der Waals surface area contributed by atoms with E-state index in [-0.39, 0.29) is 0 Å². The molecule has 2 aliphatic rings. The normalized spacial score (nSPS) is 27.8. The van der Waals surface area contributed by atoms with Crippen LogP contribution < -0.4 is 5.32 Å². The second-order valence-electron chi connectivity index (χ2n) is 4.73. The average molecular weight is 167 g/mol. The summed E-state index contributed by atoms with van der Waals surface area (Å²) >= 11 is 0. The van der Waals surface area contributed by atoms with Gasteiger partial charge in [-0.15, -0.1) is 0 Å². The largest absolute Gasteiger partial charge is 0.311 e. The molecule has 0 aromatic rings. The summed E-state index contributed by atoms with van der Waals surface area (Å²) in [7, 11) is 0. The zero-order valence-electron chi connectivity index (χ0n) is 8.18. The van der Waals surface area contributed by atoms with Crippen molar-refractivity contribution in [1.82, 2.24) is 5.32 Å². The van der Waals surface area contributed by atoms with Gasteiger partial charge in [0.1, 0.15) is 0 Å². The molecule has 0 aromatic heterocycles. The molecule has 1 unspecified atom stereocenters. The summed E-state index contributed by atoms with van der Waals surface area (Å²) in [5, 5.41) is 3.72. The van der Waals surface area contributed by atoms with Crippen LogP contribution in [-0.2, 0) is 0 Å². The molecule has 2 fully saturated rings. The van der Waals surface area contributed by atoms with E-state index in [2.05, 4.69) is 12.2 Å². The smallest absolute Gasteiger partial charge is 0.00695 e. The quantitative estimate of drug-likeness (QED) is 0.679. The van der Waals surface area contributed by atoms with Gasteiger partial charge in [-0.25, -0.2) is 0 Å². The standard InChI is InChI=1S/C11H21N/c1-9(8-10-4-2-5-10)12-11-6-3-7-11/h9-12H,2-8H2,1H3. The molecule has 2 rings (SSSR count). The molecule has 1 heteroatoms. The van der Waals surface area contributed by atoms with E-state index >= 15 is 0 Å². The van der Waals surface area contributed by atoms with Crippen molar-refractivity contribution in [3.63, 3.8) is 0 Å². The molecule has 1 atom stereocenters. The van der Waals surface area contributed by atoms with Crippen LogP contribution in [0.5, 0.6) is 0 Å². The monoisotopic (exact) mass is 167 g/mol. The van der Waals surface area contributed by atoms with Crippen LogP contribution in [-0.4, -0.2) is 12.1 Å². The van der Waals surface area contributed by atoms with E-state index in [1.165, 1.54) is 44.9 Å². The third-order valence-corrected chi connectivity index (χ3v) is 3.54. The summed E-state index contributed by atoms with van der Waals surface area (Å²) in [6, 6.07) is 1.65. The Morgan fingerprint density at radius 1 is 1.17 bits per heavy atom. The number of hydrogen-bond acceptors (Lipinski definition) is 1. The molecular weight excluding hydrogens is 146 g/mol. The fourth-order valence-corrected chi connectivity index (χ4v) is 2.27. The maximum atomic E-state index is 3.72. The number of nitrogens with one attached hydrogen (secondary N) is 1. The van der Waals surface area contributed by atoms with E-state index in [0.29, 0.717) is 0 Å². The van der Waals surface area contributed by atoms with Crippen molar-refractivity contribution in [2.45, 2.75) is 64.0 Å². The van der Waals surface area contributed by atoms with E-state index in [4.69, 9.17) is 0 Å². The van der Waals surface area contributed by atoms with Crippen molar-refractivity contribution in [1.29, 1.82) is 0 Å². The van der Waals surface area contributed by atoms with Gasteiger partial charge >= 0.3 is 0 Å². The first-order valence-electron chi connectivity index (χ1n) is 5.60. The maximum absolute atomic E-state index is 3.72. The van der Waals surface area contributed by atoms with Crippen molar-refractivity contribution in [2.24, 2.45) is 5.92 Å². The fourth-order valence-electron chi connectivity index (χ4n) is 2.27. The minimum Gasteiger partial charge on any atom is -0.311 e. The first kappa shape index (κ1) is 8.55. The van der Waals surface area contributed by atoms with Crippen molar-refractivity contribution in [3.8, 4) is 0 Å². The first-order chi connectivity index (χ1) is 5.84.